The first kappa shape index (κ1) is 14.3. The molecule has 1 aliphatic rings. The Morgan fingerprint density at radius 2 is 2.00 bits per heavy atom. The predicted molar refractivity (Wildman–Crippen MR) is 82.5 cm³/mol. The summed E-state index contributed by atoms with van der Waals surface area (Å²) < 4.78 is 1.83. The van der Waals surface area contributed by atoms with Gasteiger partial charge in [-0.2, -0.15) is 5.10 Å². The van der Waals surface area contributed by atoms with Crippen LogP contribution in [0.15, 0.2) is 35.6 Å². The topological polar surface area (TPSA) is 93.5 Å². The molecule has 0 bridgehead atoms. The second-order valence-electron chi connectivity index (χ2n) is 6.39. The second kappa shape index (κ2) is 4.98. The molecule has 0 radical (unpaired) electrons. The fourth-order valence-electron chi connectivity index (χ4n) is 2.93. The Kier molecular flexibility index (Phi) is 3.24. The summed E-state index contributed by atoms with van der Waals surface area (Å²) in [4.78, 5) is 11.2. The fourth-order valence-corrected chi connectivity index (χ4v) is 2.93. The van der Waals surface area contributed by atoms with E-state index in [2.05, 4.69) is 24.1 Å². The van der Waals surface area contributed by atoms with Crippen molar-refractivity contribution in [2.24, 2.45) is 16.3 Å². The van der Waals surface area contributed by atoms with Crippen LogP contribution < -0.4 is 5.73 Å². The molecule has 0 atom stereocenters. The number of rotatable bonds is 2. The highest BCUT2D eigenvalue weighted by Crippen LogP contribution is 2.35. The molecule has 0 saturated carbocycles. The Labute approximate surface area is 128 Å². The number of oxime groups is 1. The number of nitrogens with two attached hydrogens (primary N) is 1. The van der Waals surface area contributed by atoms with Crippen molar-refractivity contribution in [1.29, 1.82) is 0 Å². The third kappa shape index (κ3) is 2.36. The zero-order valence-corrected chi connectivity index (χ0v) is 12.6. The average molecular weight is 298 g/mol. The van der Waals surface area contributed by atoms with Gasteiger partial charge >= 0.3 is 0 Å². The minimum absolute atomic E-state index is 0.000484. The van der Waals surface area contributed by atoms with Gasteiger partial charge in [0.05, 0.1) is 23.3 Å². The number of carbonyl (C=O) groups excluding carboxylic acids is 1. The van der Waals surface area contributed by atoms with Crippen molar-refractivity contribution in [3.8, 4) is 5.69 Å². The molecule has 3 N–H and O–H groups in total. The van der Waals surface area contributed by atoms with Crippen LogP contribution in [0.1, 0.15) is 41.9 Å². The molecule has 114 valence electrons. The fraction of sp³-hybridized carbons (Fsp3) is 0.312. The quantitative estimate of drug-likeness (QED) is 0.657. The number of hydrogen-bond acceptors (Lipinski definition) is 4. The number of aromatic nitrogens is 2. The summed E-state index contributed by atoms with van der Waals surface area (Å²) in [6, 6.07) is 6.98. The molecule has 0 aliphatic heterocycles. The highest BCUT2D eigenvalue weighted by atomic mass is 16.4. The Morgan fingerprint density at radius 1 is 1.32 bits per heavy atom. The minimum atomic E-state index is -0.454. The van der Waals surface area contributed by atoms with Gasteiger partial charge in [0.1, 0.15) is 0 Å². The van der Waals surface area contributed by atoms with Gasteiger partial charge < -0.3 is 10.9 Å². The van der Waals surface area contributed by atoms with Crippen LogP contribution >= 0.6 is 0 Å². The van der Waals surface area contributed by atoms with Gasteiger partial charge in [0.2, 0.25) is 5.91 Å². The normalized spacial score (nSPS) is 18.2. The van der Waals surface area contributed by atoms with Gasteiger partial charge in [-0.3, -0.25) is 4.79 Å². The summed E-state index contributed by atoms with van der Waals surface area (Å²) in [5, 5.41) is 17.1. The number of benzene rings is 1. The molecule has 3 rings (SSSR count). The van der Waals surface area contributed by atoms with Crippen molar-refractivity contribution in [3.63, 3.8) is 0 Å². The van der Waals surface area contributed by atoms with Crippen molar-refractivity contribution < 1.29 is 10.0 Å². The number of fused-ring (bicyclic) bond motifs is 1. The van der Waals surface area contributed by atoms with Crippen LogP contribution in [0, 0.1) is 5.41 Å². The number of primary amides is 1. The van der Waals surface area contributed by atoms with Crippen molar-refractivity contribution in [2.75, 3.05) is 0 Å². The summed E-state index contributed by atoms with van der Waals surface area (Å²) in [6.45, 7) is 4.27. The lowest BCUT2D eigenvalue weighted by molar-refractivity contribution is 0.100. The highest BCUT2D eigenvalue weighted by Gasteiger charge is 2.33. The van der Waals surface area contributed by atoms with Crippen LogP contribution in [-0.4, -0.2) is 26.6 Å². The molecule has 1 aromatic heterocycles. The largest absolute Gasteiger partial charge is 0.411 e. The van der Waals surface area contributed by atoms with E-state index in [1.807, 2.05) is 16.8 Å². The van der Waals surface area contributed by atoms with Crippen molar-refractivity contribution in [1.82, 2.24) is 9.78 Å². The minimum Gasteiger partial charge on any atom is -0.411 e. The molecule has 0 spiro atoms. The SMILES string of the molecule is CC1(C)CC(=NO)c2cnn(-c3ccc(C(N)=O)cc3)c2C1. The van der Waals surface area contributed by atoms with Crippen LogP contribution in [0.5, 0.6) is 0 Å². The molecule has 22 heavy (non-hydrogen) atoms. The van der Waals surface area contributed by atoms with E-state index in [9.17, 15) is 10.0 Å². The van der Waals surface area contributed by atoms with Gasteiger partial charge in [0, 0.05) is 11.1 Å². The molecule has 6 nitrogen and oxygen atoms in total. The maximum atomic E-state index is 11.2. The van der Waals surface area contributed by atoms with E-state index in [-0.39, 0.29) is 5.41 Å². The number of hydrogen-bond donors (Lipinski definition) is 2. The molecule has 6 heteroatoms. The monoisotopic (exact) mass is 298 g/mol. The Morgan fingerprint density at radius 3 is 2.59 bits per heavy atom. The first-order valence-electron chi connectivity index (χ1n) is 7.10. The maximum Gasteiger partial charge on any atom is 0.248 e. The Hall–Kier alpha value is -2.63. The van der Waals surface area contributed by atoms with Crippen molar-refractivity contribution in [2.45, 2.75) is 26.7 Å². The van der Waals surface area contributed by atoms with Gasteiger partial charge in [-0.05, 0) is 42.5 Å². The van der Waals surface area contributed by atoms with Crippen molar-refractivity contribution in [3.05, 3.63) is 47.3 Å². The first-order chi connectivity index (χ1) is 10.4. The Bertz CT molecular complexity index is 757. The van der Waals surface area contributed by atoms with Crippen molar-refractivity contribution >= 4 is 11.6 Å². The zero-order chi connectivity index (χ0) is 15.9. The molecule has 0 saturated heterocycles. The molecule has 1 heterocycles. The van der Waals surface area contributed by atoms with E-state index in [4.69, 9.17) is 5.73 Å². The highest BCUT2D eigenvalue weighted by molar-refractivity contribution is 6.02. The number of nitrogens with zero attached hydrogens (tertiary/aromatic N) is 3. The maximum absolute atomic E-state index is 11.2. The summed E-state index contributed by atoms with van der Waals surface area (Å²) >= 11 is 0. The van der Waals surface area contributed by atoms with Crippen LogP contribution in [0.4, 0.5) is 0 Å². The lowest BCUT2D eigenvalue weighted by atomic mass is 9.76. The lowest BCUT2D eigenvalue weighted by Gasteiger charge is -2.30. The van der Waals surface area contributed by atoms with Gasteiger partial charge in [-0.1, -0.05) is 19.0 Å². The summed E-state index contributed by atoms with van der Waals surface area (Å²) in [5.74, 6) is -0.454. The van der Waals surface area contributed by atoms with Gasteiger partial charge in [0.15, 0.2) is 0 Å². The number of carbonyl (C=O) groups is 1. The van der Waals surface area contributed by atoms with Crippen LogP contribution in [0.2, 0.25) is 0 Å². The third-order valence-electron chi connectivity index (χ3n) is 3.99. The molecule has 2 aromatic rings. The predicted octanol–water partition coefficient (Wildman–Crippen LogP) is 2.12. The smallest absolute Gasteiger partial charge is 0.248 e. The van der Waals surface area contributed by atoms with E-state index in [1.165, 1.54) is 0 Å². The second-order valence-corrected chi connectivity index (χ2v) is 6.39. The number of amides is 1. The van der Waals surface area contributed by atoms with E-state index in [0.717, 1.165) is 23.4 Å². The average Bonchev–Trinajstić information content (AvgIpc) is 2.88. The summed E-state index contributed by atoms with van der Waals surface area (Å²) in [6.07, 6.45) is 3.27. The standard InChI is InChI=1S/C16H18N4O2/c1-16(2)7-13(19-22)12-9-18-20(14(12)8-16)11-5-3-10(4-6-11)15(17)21/h3-6,9,22H,7-8H2,1-2H3,(H2,17,21). The summed E-state index contributed by atoms with van der Waals surface area (Å²) in [7, 11) is 0. The lowest BCUT2D eigenvalue weighted by Crippen LogP contribution is -2.28. The molecule has 0 unspecified atom stereocenters. The molecule has 1 aromatic carbocycles. The molecule has 0 fully saturated rings. The van der Waals surface area contributed by atoms with E-state index < -0.39 is 5.91 Å². The molecular weight excluding hydrogens is 280 g/mol. The van der Waals surface area contributed by atoms with Gasteiger partial charge in [-0.25, -0.2) is 4.68 Å². The molecular formula is C16H18N4O2. The van der Waals surface area contributed by atoms with Crippen LogP contribution in [0.25, 0.3) is 5.69 Å². The zero-order valence-electron chi connectivity index (χ0n) is 12.6. The van der Waals surface area contributed by atoms with Crippen LogP contribution in [-0.2, 0) is 6.42 Å². The summed E-state index contributed by atoms with van der Waals surface area (Å²) in [5.41, 5.74) is 9.11. The van der Waals surface area contributed by atoms with Gasteiger partial charge in [0.25, 0.3) is 0 Å². The van der Waals surface area contributed by atoms with E-state index in [0.29, 0.717) is 17.7 Å². The first-order valence-corrected chi connectivity index (χ1v) is 7.10. The molecule has 1 amide bonds. The Balaban J connectivity index is 2.07. The van der Waals surface area contributed by atoms with Gasteiger partial charge in [-0.15, -0.1) is 0 Å². The van der Waals surface area contributed by atoms with E-state index >= 15 is 0 Å². The van der Waals surface area contributed by atoms with E-state index in [1.54, 1.807) is 18.3 Å². The van der Waals surface area contributed by atoms with Crippen LogP contribution in [0.3, 0.4) is 0 Å². The molecule has 1 aliphatic carbocycles. The third-order valence-corrected chi connectivity index (χ3v) is 3.99.